The van der Waals surface area contributed by atoms with Gasteiger partial charge in [-0.15, -0.1) is 0 Å². The zero-order valence-electron chi connectivity index (χ0n) is 11.2. The van der Waals surface area contributed by atoms with E-state index >= 15 is 0 Å². The Morgan fingerprint density at radius 2 is 1.82 bits per heavy atom. The molecular weight excluding hydrogens is 246 g/mol. The maximum absolute atomic E-state index is 6.30. The van der Waals surface area contributed by atoms with Gasteiger partial charge in [0.15, 0.2) is 0 Å². The van der Waals surface area contributed by atoms with E-state index in [1.165, 1.54) is 16.2 Å². The van der Waals surface area contributed by atoms with Crippen LogP contribution in [0.1, 0.15) is 20.8 Å². The van der Waals surface area contributed by atoms with E-state index in [0.717, 1.165) is 5.02 Å². The van der Waals surface area contributed by atoms with Crippen molar-refractivity contribution < 1.29 is 0 Å². The van der Waals surface area contributed by atoms with Crippen molar-refractivity contribution in [1.82, 2.24) is 4.57 Å². The monoisotopic (exact) mass is 265 g/mol. The van der Waals surface area contributed by atoms with Crippen LogP contribution in [0.15, 0.2) is 24.3 Å². The summed E-state index contributed by atoms with van der Waals surface area (Å²) in [4.78, 5) is 0. The Kier molecular flexibility index (Phi) is 3.13. The minimum Gasteiger partial charge on any atom is -0.344 e. The molecule has 0 aliphatic heterocycles. The zero-order chi connectivity index (χ0) is 12.8. The van der Waals surface area contributed by atoms with Crippen LogP contribution < -0.4 is 5.32 Å². The summed E-state index contributed by atoms with van der Waals surface area (Å²) in [7, 11) is -0.859. The number of fused-ring (bicyclic) bond motifs is 1. The molecule has 0 bridgehead atoms. The highest BCUT2D eigenvalue weighted by Crippen LogP contribution is 2.28. The Morgan fingerprint density at radius 3 is 2.35 bits per heavy atom. The predicted molar refractivity (Wildman–Crippen MR) is 80.5 cm³/mol. The lowest BCUT2D eigenvalue weighted by molar-refractivity contribution is 0.419. The van der Waals surface area contributed by atoms with E-state index in [9.17, 15) is 0 Å². The fourth-order valence-electron chi connectivity index (χ4n) is 2.39. The lowest BCUT2D eigenvalue weighted by Gasteiger charge is -2.27. The minimum absolute atomic E-state index is 0.110. The first-order chi connectivity index (χ1) is 7.82. The molecule has 0 spiro atoms. The Hall–Kier alpha value is -0.733. The number of hydrogen-bond acceptors (Lipinski definition) is 0. The van der Waals surface area contributed by atoms with E-state index < -0.39 is 8.80 Å². The van der Waals surface area contributed by atoms with Gasteiger partial charge < -0.3 is 4.57 Å². The van der Waals surface area contributed by atoms with Crippen LogP contribution in [-0.4, -0.2) is 13.4 Å². The molecule has 0 amide bonds. The third-order valence-electron chi connectivity index (χ3n) is 3.08. The molecule has 2 rings (SSSR count). The van der Waals surface area contributed by atoms with Gasteiger partial charge in [-0.05, 0) is 44.3 Å². The molecule has 92 valence electrons. The minimum atomic E-state index is -0.859. The van der Waals surface area contributed by atoms with Crippen molar-refractivity contribution in [2.75, 3.05) is 0 Å². The number of rotatable bonds is 1. The Balaban J connectivity index is 2.86. The molecule has 17 heavy (non-hydrogen) atoms. The van der Waals surface area contributed by atoms with Crippen molar-refractivity contribution in [1.29, 1.82) is 0 Å². The zero-order valence-corrected chi connectivity index (χ0v) is 13.1. The average molecular weight is 266 g/mol. The Bertz CT molecular complexity index is 549. The second-order valence-electron chi connectivity index (χ2n) is 5.90. The van der Waals surface area contributed by atoms with Crippen LogP contribution in [0.4, 0.5) is 0 Å². The van der Waals surface area contributed by atoms with Crippen LogP contribution in [0.2, 0.25) is 18.1 Å². The summed E-state index contributed by atoms with van der Waals surface area (Å²) in [5, 5.41) is 3.54. The van der Waals surface area contributed by atoms with Gasteiger partial charge in [-0.3, -0.25) is 0 Å². The molecule has 0 saturated heterocycles. The Labute approximate surface area is 110 Å². The standard InChI is InChI=1S/C14H20ClNSi/c1-14(2,3)16-12-8-6-7-11(15)10(12)9-13(16)17(4)5/h6-9,17H,1-5H3. The number of aromatic nitrogens is 1. The van der Waals surface area contributed by atoms with Crippen molar-refractivity contribution in [3.63, 3.8) is 0 Å². The molecule has 1 nitrogen and oxygen atoms in total. The summed E-state index contributed by atoms with van der Waals surface area (Å²) < 4.78 is 2.46. The smallest absolute Gasteiger partial charge is 0.0857 e. The van der Waals surface area contributed by atoms with Crippen LogP contribution in [0.5, 0.6) is 0 Å². The van der Waals surface area contributed by atoms with Gasteiger partial charge in [0, 0.05) is 21.5 Å². The predicted octanol–water partition coefficient (Wildman–Crippen LogP) is 3.74. The molecule has 0 atom stereocenters. The maximum Gasteiger partial charge on any atom is 0.0857 e. The van der Waals surface area contributed by atoms with Crippen LogP contribution in [0.3, 0.4) is 0 Å². The molecule has 1 aromatic heterocycles. The van der Waals surface area contributed by atoms with E-state index in [4.69, 9.17) is 11.6 Å². The first kappa shape index (κ1) is 12.7. The van der Waals surface area contributed by atoms with Crippen molar-refractivity contribution >= 4 is 36.6 Å². The van der Waals surface area contributed by atoms with Crippen molar-refractivity contribution in [3.8, 4) is 0 Å². The summed E-state index contributed by atoms with van der Waals surface area (Å²) in [6.45, 7) is 11.5. The highest BCUT2D eigenvalue weighted by Gasteiger charge is 2.22. The van der Waals surface area contributed by atoms with E-state index in [0.29, 0.717) is 0 Å². The average Bonchev–Trinajstić information content (AvgIpc) is 2.57. The summed E-state index contributed by atoms with van der Waals surface area (Å²) in [5.41, 5.74) is 1.38. The molecule has 0 fully saturated rings. The van der Waals surface area contributed by atoms with E-state index in [1.54, 1.807) is 0 Å². The molecule has 0 aliphatic rings. The molecule has 1 heterocycles. The molecule has 0 unspecified atom stereocenters. The van der Waals surface area contributed by atoms with Gasteiger partial charge in [0.05, 0.1) is 8.80 Å². The number of hydrogen-bond donors (Lipinski definition) is 0. The number of nitrogens with zero attached hydrogens (tertiary/aromatic N) is 1. The van der Waals surface area contributed by atoms with Crippen LogP contribution in [-0.2, 0) is 5.54 Å². The normalized spacial score (nSPS) is 12.6. The number of halogens is 1. The summed E-state index contributed by atoms with van der Waals surface area (Å²) in [6.07, 6.45) is 0. The fourth-order valence-corrected chi connectivity index (χ4v) is 4.16. The van der Waals surface area contributed by atoms with Gasteiger partial charge in [-0.25, -0.2) is 0 Å². The lowest BCUT2D eigenvalue weighted by atomic mass is 10.1. The number of benzene rings is 1. The Morgan fingerprint density at radius 1 is 1.18 bits per heavy atom. The second-order valence-corrected chi connectivity index (χ2v) is 9.21. The topological polar surface area (TPSA) is 4.93 Å². The van der Waals surface area contributed by atoms with Crippen molar-refractivity contribution in [2.24, 2.45) is 0 Å². The van der Waals surface area contributed by atoms with Crippen molar-refractivity contribution in [3.05, 3.63) is 29.3 Å². The summed E-state index contributed by atoms with van der Waals surface area (Å²) >= 11 is 6.30. The molecule has 0 radical (unpaired) electrons. The first-order valence-corrected chi connectivity index (χ1v) is 9.39. The van der Waals surface area contributed by atoms with Gasteiger partial charge in [0.25, 0.3) is 0 Å². The SMILES string of the molecule is C[SiH](C)c1cc2c(Cl)cccc2n1C(C)(C)C. The van der Waals surface area contributed by atoms with Gasteiger partial charge in [-0.1, -0.05) is 30.8 Å². The van der Waals surface area contributed by atoms with Crippen LogP contribution in [0, 0.1) is 0 Å². The highest BCUT2D eigenvalue weighted by atomic mass is 35.5. The molecule has 0 saturated carbocycles. The third-order valence-corrected chi connectivity index (χ3v) is 5.02. The largest absolute Gasteiger partial charge is 0.344 e. The molecule has 0 aliphatic carbocycles. The van der Waals surface area contributed by atoms with E-state index in [2.05, 4.69) is 50.6 Å². The van der Waals surface area contributed by atoms with Crippen LogP contribution >= 0.6 is 11.6 Å². The van der Waals surface area contributed by atoms with E-state index in [1.807, 2.05) is 12.1 Å². The van der Waals surface area contributed by atoms with Crippen LogP contribution in [0.25, 0.3) is 10.9 Å². The molecule has 3 heteroatoms. The van der Waals surface area contributed by atoms with Gasteiger partial charge in [-0.2, -0.15) is 0 Å². The quantitative estimate of drug-likeness (QED) is 0.693. The fraction of sp³-hybridized carbons (Fsp3) is 0.429. The molecule has 0 N–H and O–H groups in total. The summed E-state index contributed by atoms with van der Waals surface area (Å²) in [6, 6.07) is 8.48. The van der Waals surface area contributed by atoms with E-state index in [-0.39, 0.29) is 5.54 Å². The third kappa shape index (κ3) is 2.16. The molecule has 1 aromatic carbocycles. The second kappa shape index (κ2) is 4.18. The van der Waals surface area contributed by atoms with Gasteiger partial charge in [0.2, 0.25) is 0 Å². The van der Waals surface area contributed by atoms with Gasteiger partial charge >= 0.3 is 0 Å². The lowest BCUT2D eigenvalue weighted by Crippen LogP contribution is -2.38. The summed E-state index contributed by atoms with van der Waals surface area (Å²) in [5.74, 6) is 0. The maximum atomic E-state index is 6.30. The molecular formula is C14H20ClNSi. The first-order valence-electron chi connectivity index (χ1n) is 6.12. The van der Waals surface area contributed by atoms with Crippen molar-refractivity contribution in [2.45, 2.75) is 39.4 Å². The highest BCUT2D eigenvalue weighted by molar-refractivity contribution is 6.70. The molecule has 2 aromatic rings. The van der Waals surface area contributed by atoms with Gasteiger partial charge in [0.1, 0.15) is 0 Å².